The first-order valence-corrected chi connectivity index (χ1v) is 6.15. The molecule has 0 spiro atoms. The number of aromatic hydroxyl groups is 1. The summed E-state index contributed by atoms with van der Waals surface area (Å²) in [6.45, 7) is 2.02. The molecular formula is C16H14N2O. The van der Waals surface area contributed by atoms with Crippen LogP contribution < -0.4 is 0 Å². The smallest absolute Gasteiger partial charge is 0.169 e. The molecule has 0 radical (unpaired) electrons. The normalized spacial score (nSPS) is 10.6. The minimum atomic E-state index is 0.191. The summed E-state index contributed by atoms with van der Waals surface area (Å²) in [5, 5.41) is 17.5. The van der Waals surface area contributed by atoms with E-state index in [1.54, 1.807) is 0 Å². The third-order valence-corrected chi connectivity index (χ3v) is 3.09. The van der Waals surface area contributed by atoms with Crippen LogP contribution in [0.15, 0.2) is 54.6 Å². The Morgan fingerprint density at radius 2 is 1.68 bits per heavy atom. The van der Waals surface area contributed by atoms with E-state index in [4.69, 9.17) is 0 Å². The summed E-state index contributed by atoms with van der Waals surface area (Å²) in [6, 6.07) is 17.6. The number of H-pyrrole nitrogens is 1. The van der Waals surface area contributed by atoms with Crippen LogP contribution in [-0.2, 0) is 0 Å². The molecule has 0 bridgehead atoms. The molecular weight excluding hydrogens is 236 g/mol. The van der Waals surface area contributed by atoms with Crippen LogP contribution in [-0.4, -0.2) is 15.3 Å². The van der Waals surface area contributed by atoms with E-state index < -0.39 is 0 Å². The van der Waals surface area contributed by atoms with E-state index in [0.29, 0.717) is 11.4 Å². The Morgan fingerprint density at radius 3 is 2.42 bits per heavy atom. The highest BCUT2D eigenvalue weighted by atomic mass is 16.3. The Hall–Kier alpha value is -2.55. The average molecular weight is 250 g/mol. The Morgan fingerprint density at radius 1 is 0.947 bits per heavy atom. The molecule has 0 aliphatic heterocycles. The summed E-state index contributed by atoms with van der Waals surface area (Å²) < 4.78 is 0. The van der Waals surface area contributed by atoms with Crippen molar-refractivity contribution in [3.63, 3.8) is 0 Å². The van der Waals surface area contributed by atoms with Gasteiger partial charge in [0.1, 0.15) is 11.4 Å². The zero-order valence-corrected chi connectivity index (χ0v) is 10.6. The molecule has 2 aromatic carbocycles. The maximum atomic E-state index is 10.3. The third-order valence-electron chi connectivity index (χ3n) is 3.09. The number of aryl methyl sites for hydroxylation is 1. The fraction of sp³-hybridized carbons (Fsp3) is 0.0625. The molecule has 1 aromatic heterocycles. The van der Waals surface area contributed by atoms with Crippen LogP contribution >= 0.6 is 0 Å². The lowest BCUT2D eigenvalue weighted by molar-refractivity contribution is 0.479. The van der Waals surface area contributed by atoms with E-state index in [1.165, 1.54) is 0 Å². The fourth-order valence-electron chi connectivity index (χ4n) is 2.14. The maximum absolute atomic E-state index is 10.3. The van der Waals surface area contributed by atoms with Crippen LogP contribution in [0.3, 0.4) is 0 Å². The van der Waals surface area contributed by atoms with Gasteiger partial charge in [-0.3, -0.25) is 5.10 Å². The molecule has 19 heavy (non-hydrogen) atoms. The average Bonchev–Trinajstić information content (AvgIpc) is 2.81. The molecule has 0 amide bonds. The second-order valence-electron chi connectivity index (χ2n) is 4.53. The Labute approximate surface area is 111 Å². The minimum absolute atomic E-state index is 0.191. The molecule has 0 aliphatic carbocycles. The van der Waals surface area contributed by atoms with Gasteiger partial charge in [0.05, 0.1) is 0 Å². The van der Waals surface area contributed by atoms with Crippen LogP contribution in [0.2, 0.25) is 0 Å². The molecule has 0 saturated heterocycles. The maximum Gasteiger partial charge on any atom is 0.169 e. The van der Waals surface area contributed by atoms with E-state index in [0.717, 1.165) is 16.7 Å². The summed E-state index contributed by atoms with van der Waals surface area (Å²) in [7, 11) is 0. The van der Waals surface area contributed by atoms with Gasteiger partial charge in [0, 0.05) is 11.1 Å². The van der Waals surface area contributed by atoms with Crippen molar-refractivity contribution in [3.05, 3.63) is 60.2 Å². The van der Waals surface area contributed by atoms with Crippen LogP contribution in [0, 0.1) is 6.92 Å². The summed E-state index contributed by atoms with van der Waals surface area (Å²) in [5.41, 5.74) is 4.21. The predicted molar refractivity (Wildman–Crippen MR) is 75.9 cm³/mol. The number of aromatic amines is 1. The number of rotatable bonds is 2. The van der Waals surface area contributed by atoms with Crippen molar-refractivity contribution in [2.75, 3.05) is 0 Å². The second-order valence-corrected chi connectivity index (χ2v) is 4.53. The highest BCUT2D eigenvalue weighted by molar-refractivity contribution is 5.77. The Kier molecular flexibility index (Phi) is 2.80. The van der Waals surface area contributed by atoms with Crippen LogP contribution in [0.25, 0.3) is 22.5 Å². The largest absolute Gasteiger partial charge is 0.504 e. The van der Waals surface area contributed by atoms with Gasteiger partial charge in [-0.05, 0) is 13.0 Å². The predicted octanol–water partition coefficient (Wildman–Crippen LogP) is 3.76. The lowest BCUT2D eigenvalue weighted by Gasteiger charge is -2.01. The molecule has 0 atom stereocenters. The van der Waals surface area contributed by atoms with Crippen LogP contribution in [0.1, 0.15) is 5.56 Å². The van der Waals surface area contributed by atoms with Gasteiger partial charge in [-0.25, -0.2) is 0 Å². The molecule has 0 aliphatic rings. The van der Waals surface area contributed by atoms with E-state index >= 15 is 0 Å². The summed E-state index contributed by atoms with van der Waals surface area (Å²) in [4.78, 5) is 0. The topological polar surface area (TPSA) is 48.9 Å². The van der Waals surface area contributed by atoms with E-state index in [2.05, 4.69) is 10.2 Å². The van der Waals surface area contributed by atoms with Gasteiger partial charge in [0.25, 0.3) is 0 Å². The van der Waals surface area contributed by atoms with Crippen molar-refractivity contribution >= 4 is 0 Å². The molecule has 3 aromatic rings. The van der Waals surface area contributed by atoms with Crippen molar-refractivity contribution in [1.82, 2.24) is 10.2 Å². The van der Waals surface area contributed by atoms with Crippen LogP contribution in [0.4, 0.5) is 0 Å². The zero-order chi connectivity index (χ0) is 13.2. The number of nitrogens with one attached hydrogen (secondary N) is 1. The van der Waals surface area contributed by atoms with Gasteiger partial charge in [0.2, 0.25) is 0 Å². The minimum Gasteiger partial charge on any atom is -0.504 e. The molecule has 2 N–H and O–H groups in total. The van der Waals surface area contributed by atoms with E-state index in [-0.39, 0.29) is 5.75 Å². The molecule has 3 nitrogen and oxygen atoms in total. The molecule has 1 heterocycles. The molecule has 94 valence electrons. The number of nitrogens with zero attached hydrogens (tertiary/aromatic N) is 1. The standard InChI is InChI=1S/C16H14N2O/c1-11-6-5-9-13(10-11)15-16(19)14(17-18-15)12-7-3-2-4-8-12/h2-10,19H,1H3,(H,17,18). The first-order valence-electron chi connectivity index (χ1n) is 6.15. The number of hydrogen-bond acceptors (Lipinski definition) is 2. The van der Waals surface area contributed by atoms with Crippen molar-refractivity contribution in [2.45, 2.75) is 6.92 Å². The molecule has 0 saturated carbocycles. The highest BCUT2D eigenvalue weighted by Gasteiger charge is 2.14. The van der Waals surface area contributed by atoms with E-state index in [9.17, 15) is 5.11 Å². The quantitative estimate of drug-likeness (QED) is 0.727. The van der Waals surface area contributed by atoms with Gasteiger partial charge in [-0.1, -0.05) is 54.1 Å². The lowest BCUT2D eigenvalue weighted by atomic mass is 10.1. The second kappa shape index (κ2) is 4.61. The number of aromatic nitrogens is 2. The van der Waals surface area contributed by atoms with Gasteiger partial charge in [-0.2, -0.15) is 5.10 Å². The monoisotopic (exact) mass is 250 g/mol. The van der Waals surface area contributed by atoms with Gasteiger partial charge in [0.15, 0.2) is 5.75 Å². The van der Waals surface area contributed by atoms with Crippen molar-refractivity contribution in [1.29, 1.82) is 0 Å². The number of hydrogen-bond donors (Lipinski definition) is 2. The van der Waals surface area contributed by atoms with Crippen molar-refractivity contribution in [3.8, 4) is 28.3 Å². The summed E-state index contributed by atoms with van der Waals surface area (Å²) >= 11 is 0. The van der Waals surface area contributed by atoms with Gasteiger partial charge in [-0.15, -0.1) is 0 Å². The van der Waals surface area contributed by atoms with E-state index in [1.807, 2.05) is 61.5 Å². The fourth-order valence-corrected chi connectivity index (χ4v) is 2.14. The third kappa shape index (κ3) is 2.10. The van der Waals surface area contributed by atoms with Gasteiger partial charge >= 0.3 is 0 Å². The Bertz CT molecular complexity index is 702. The first kappa shape index (κ1) is 11.5. The molecule has 3 heteroatoms. The molecule has 0 unspecified atom stereocenters. The van der Waals surface area contributed by atoms with Crippen molar-refractivity contribution in [2.24, 2.45) is 0 Å². The molecule has 0 fully saturated rings. The van der Waals surface area contributed by atoms with Gasteiger partial charge < -0.3 is 5.11 Å². The van der Waals surface area contributed by atoms with Crippen molar-refractivity contribution < 1.29 is 5.11 Å². The lowest BCUT2D eigenvalue weighted by Crippen LogP contribution is -1.79. The molecule has 3 rings (SSSR count). The summed E-state index contributed by atoms with van der Waals surface area (Å²) in [5.74, 6) is 0.191. The Balaban J connectivity index is 2.09. The summed E-state index contributed by atoms with van der Waals surface area (Å²) in [6.07, 6.45) is 0. The van der Waals surface area contributed by atoms with Crippen LogP contribution in [0.5, 0.6) is 5.75 Å². The SMILES string of the molecule is Cc1cccc(-c2n[nH]c(-c3ccccc3)c2O)c1. The first-order chi connectivity index (χ1) is 9.25. The highest BCUT2D eigenvalue weighted by Crippen LogP contribution is 2.35. The number of benzene rings is 2. The zero-order valence-electron chi connectivity index (χ0n) is 10.6.